The lowest BCUT2D eigenvalue weighted by atomic mass is 10.1. The average molecular weight is 396 g/mol. The van der Waals surface area contributed by atoms with Crippen LogP contribution in [-0.4, -0.2) is 10.9 Å². The molecule has 126 valence electrons. The molecule has 25 heavy (non-hydrogen) atoms. The van der Waals surface area contributed by atoms with E-state index in [1.807, 2.05) is 30.3 Å². The fraction of sp³-hybridized carbons (Fsp3) is 0.100. The first kappa shape index (κ1) is 17.2. The van der Waals surface area contributed by atoms with Crippen LogP contribution in [0.25, 0.3) is 0 Å². The van der Waals surface area contributed by atoms with Crippen molar-refractivity contribution in [1.29, 1.82) is 0 Å². The highest BCUT2D eigenvalue weighted by Gasteiger charge is 2.06. The Bertz CT molecular complexity index is 861. The first-order valence-corrected chi connectivity index (χ1v) is 8.72. The Morgan fingerprint density at radius 3 is 2.48 bits per heavy atom. The van der Waals surface area contributed by atoms with Crippen molar-refractivity contribution in [2.75, 3.05) is 10.6 Å². The van der Waals surface area contributed by atoms with Gasteiger partial charge in [0.25, 0.3) is 5.91 Å². The second-order valence-corrected chi connectivity index (χ2v) is 6.59. The molecule has 1 amide bonds. The van der Waals surface area contributed by atoms with Gasteiger partial charge in [0, 0.05) is 16.6 Å². The van der Waals surface area contributed by atoms with Gasteiger partial charge in [0.05, 0.1) is 11.9 Å². The molecule has 1 heterocycles. The Hall–Kier alpha value is -2.66. The third-order valence-electron chi connectivity index (χ3n) is 3.86. The summed E-state index contributed by atoms with van der Waals surface area (Å²) in [6.07, 6.45) is 1.72. The summed E-state index contributed by atoms with van der Waals surface area (Å²) in [5.41, 5.74) is 3.99. The minimum Gasteiger partial charge on any atom is -0.380 e. The largest absolute Gasteiger partial charge is 0.380 e. The number of anilines is 2. The van der Waals surface area contributed by atoms with Gasteiger partial charge in [-0.25, -0.2) is 4.98 Å². The standard InChI is InChI=1S/C20H18BrN3O/c1-14-4-2-3-5-16(14)12-22-18-10-11-19(23-13-18)24-20(25)15-6-8-17(21)9-7-15/h2-11,13,22H,12H2,1H3,(H,23,24,25). The summed E-state index contributed by atoms with van der Waals surface area (Å²) in [5.74, 6) is 0.343. The maximum Gasteiger partial charge on any atom is 0.256 e. The molecule has 0 unspecified atom stereocenters. The minimum absolute atomic E-state index is 0.180. The molecule has 0 aliphatic heterocycles. The second-order valence-electron chi connectivity index (χ2n) is 5.67. The molecule has 0 saturated carbocycles. The Morgan fingerprint density at radius 2 is 1.80 bits per heavy atom. The zero-order valence-electron chi connectivity index (χ0n) is 13.8. The molecule has 3 aromatic rings. The van der Waals surface area contributed by atoms with Crippen molar-refractivity contribution in [3.8, 4) is 0 Å². The number of aromatic nitrogens is 1. The zero-order valence-corrected chi connectivity index (χ0v) is 15.4. The monoisotopic (exact) mass is 395 g/mol. The fourth-order valence-corrected chi connectivity index (χ4v) is 2.63. The molecular weight excluding hydrogens is 378 g/mol. The topological polar surface area (TPSA) is 54.0 Å². The lowest BCUT2D eigenvalue weighted by Crippen LogP contribution is -2.12. The Morgan fingerprint density at radius 1 is 1.04 bits per heavy atom. The van der Waals surface area contributed by atoms with Gasteiger partial charge in [-0.3, -0.25) is 4.79 Å². The number of amides is 1. The predicted molar refractivity (Wildman–Crippen MR) is 105 cm³/mol. The molecule has 0 saturated heterocycles. The lowest BCUT2D eigenvalue weighted by molar-refractivity contribution is 0.102. The van der Waals surface area contributed by atoms with Crippen LogP contribution in [0.5, 0.6) is 0 Å². The van der Waals surface area contributed by atoms with Crippen LogP contribution >= 0.6 is 15.9 Å². The van der Waals surface area contributed by atoms with Crippen LogP contribution in [0.4, 0.5) is 11.5 Å². The molecule has 2 aromatic carbocycles. The molecule has 0 aliphatic carbocycles. The number of carbonyl (C=O) groups is 1. The zero-order chi connectivity index (χ0) is 17.6. The maximum atomic E-state index is 12.2. The number of nitrogens with zero attached hydrogens (tertiary/aromatic N) is 1. The molecule has 0 spiro atoms. The molecular formula is C20H18BrN3O. The summed E-state index contributed by atoms with van der Waals surface area (Å²) in [4.78, 5) is 16.5. The van der Waals surface area contributed by atoms with E-state index in [-0.39, 0.29) is 5.91 Å². The minimum atomic E-state index is -0.180. The number of halogens is 1. The van der Waals surface area contributed by atoms with E-state index in [1.165, 1.54) is 11.1 Å². The van der Waals surface area contributed by atoms with Crippen LogP contribution in [0, 0.1) is 6.92 Å². The number of benzene rings is 2. The Kier molecular flexibility index (Phi) is 5.46. The quantitative estimate of drug-likeness (QED) is 0.637. The second kappa shape index (κ2) is 7.94. The highest BCUT2D eigenvalue weighted by Crippen LogP contribution is 2.15. The van der Waals surface area contributed by atoms with Gasteiger partial charge in [0.1, 0.15) is 5.82 Å². The van der Waals surface area contributed by atoms with E-state index in [4.69, 9.17) is 0 Å². The van der Waals surface area contributed by atoms with E-state index >= 15 is 0 Å². The van der Waals surface area contributed by atoms with Crippen LogP contribution in [0.1, 0.15) is 21.5 Å². The maximum absolute atomic E-state index is 12.2. The molecule has 5 heteroatoms. The number of carbonyl (C=O) groups excluding carboxylic acids is 1. The van der Waals surface area contributed by atoms with Crippen LogP contribution in [0.15, 0.2) is 71.3 Å². The van der Waals surface area contributed by atoms with E-state index in [9.17, 15) is 4.79 Å². The van der Waals surface area contributed by atoms with Gasteiger partial charge in [-0.1, -0.05) is 40.2 Å². The predicted octanol–water partition coefficient (Wildman–Crippen LogP) is 5.02. The highest BCUT2D eigenvalue weighted by atomic mass is 79.9. The van der Waals surface area contributed by atoms with Crippen molar-refractivity contribution in [1.82, 2.24) is 4.98 Å². The number of nitrogens with one attached hydrogen (secondary N) is 2. The molecule has 0 radical (unpaired) electrons. The van der Waals surface area contributed by atoms with Crippen molar-refractivity contribution in [2.24, 2.45) is 0 Å². The summed E-state index contributed by atoms with van der Waals surface area (Å²) in [5, 5.41) is 6.13. The summed E-state index contributed by atoms with van der Waals surface area (Å²) in [6, 6.07) is 19.1. The van der Waals surface area contributed by atoms with Crippen LogP contribution < -0.4 is 10.6 Å². The smallest absolute Gasteiger partial charge is 0.256 e. The first-order valence-electron chi connectivity index (χ1n) is 7.93. The normalized spacial score (nSPS) is 10.3. The van der Waals surface area contributed by atoms with Crippen LogP contribution in [0.3, 0.4) is 0 Å². The van der Waals surface area contributed by atoms with Gasteiger partial charge >= 0.3 is 0 Å². The Balaban J connectivity index is 1.59. The van der Waals surface area contributed by atoms with Crippen molar-refractivity contribution in [3.05, 3.63) is 88.0 Å². The molecule has 0 aliphatic rings. The average Bonchev–Trinajstić information content (AvgIpc) is 2.63. The Labute approximate surface area is 155 Å². The summed E-state index contributed by atoms with van der Waals surface area (Å²) >= 11 is 3.35. The summed E-state index contributed by atoms with van der Waals surface area (Å²) < 4.78 is 0.936. The van der Waals surface area contributed by atoms with Crippen molar-refractivity contribution < 1.29 is 4.79 Å². The van der Waals surface area contributed by atoms with Crippen LogP contribution in [-0.2, 0) is 6.54 Å². The van der Waals surface area contributed by atoms with Gasteiger partial charge in [0.15, 0.2) is 0 Å². The van der Waals surface area contributed by atoms with E-state index in [2.05, 4.69) is 50.6 Å². The van der Waals surface area contributed by atoms with Crippen molar-refractivity contribution >= 4 is 33.3 Å². The van der Waals surface area contributed by atoms with Gasteiger partial charge in [0.2, 0.25) is 0 Å². The SMILES string of the molecule is Cc1ccccc1CNc1ccc(NC(=O)c2ccc(Br)cc2)nc1. The lowest BCUT2D eigenvalue weighted by Gasteiger charge is -2.10. The number of hydrogen-bond donors (Lipinski definition) is 2. The van der Waals surface area contributed by atoms with Crippen molar-refractivity contribution in [2.45, 2.75) is 13.5 Å². The van der Waals surface area contributed by atoms with Gasteiger partial charge in [-0.2, -0.15) is 0 Å². The molecule has 0 atom stereocenters. The molecule has 0 bridgehead atoms. The number of rotatable bonds is 5. The summed E-state index contributed by atoms with van der Waals surface area (Å²) in [7, 11) is 0. The third-order valence-corrected chi connectivity index (χ3v) is 4.38. The number of hydrogen-bond acceptors (Lipinski definition) is 3. The highest BCUT2D eigenvalue weighted by molar-refractivity contribution is 9.10. The first-order chi connectivity index (χ1) is 12.1. The van der Waals surface area contributed by atoms with Gasteiger partial charge < -0.3 is 10.6 Å². The molecule has 1 aromatic heterocycles. The van der Waals surface area contributed by atoms with Gasteiger partial charge in [-0.15, -0.1) is 0 Å². The fourth-order valence-electron chi connectivity index (χ4n) is 2.37. The van der Waals surface area contributed by atoms with Crippen molar-refractivity contribution in [3.63, 3.8) is 0 Å². The number of pyridine rings is 1. The molecule has 3 rings (SSSR count). The molecule has 2 N–H and O–H groups in total. The van der Waals surface area contributed by atoms with E-state index in [1.54, 1.807) is 24.4 Å². The van der Waals surface area contributed by atoms with Gasteiger partial charge in [-0.05, 0) is 54.4 Å². The van der Waals surface area contributed by atoms with Crippen LogP contribution in [0.2, 0.25) is 0 Å². The van der Waals surface area contributed by atoms with E-state index in [0.717, 1.165) is 16.7 Å². The molecule has 4 nitrogen and oxygen atoms in total. The van der Waals surface area contributed by atoms with E-state index < -0.39 is 0 Å². The number of aryl methyl sites for hydroxylation is 1. The molecule has 0 fully saturated rings. The van der Waals surface area contributed by atoms with E-state index in [0.29, 0.717) is 11.4 Å². The summed E-state index contributed by atoms with van der Waals surface area (Å²) in [6.45, 7) is 2.83. The third kappa shape index (κ3) is 4.67.